The molecule has 0 aromatic rings. The van der Waals surface area contributed by atoms with Crippen molar-refractivity contribution in [1.82, 2.24) is 0 Å². The van der Waals surface area contributed by atoms with Crippen molar-refractivity contribution in [2.24, 2.45) is 0 Å². The molecule has 0 aliphatic heterocycles. The second-order valence-electron chi connectivity index (χ2n) is 2.18. The summed E-state index contributed by atoms with van der Waals surface area (Å²) in [6.45, 7) is 2.00. The lowest BCUT2D eigenvalue weighted by Gasteiger charge is -2.16. The smallest absolute Gasteiger partial charge is 0.356 e. The summed E-state index contributed by atoms with van der Waals surface area (Å²) in [4.78, 5) is 7.81. The highest BCUT2D eigenvalue weighted by Crippen LogP contribution is 2.13. The molecule has 2 N–H and O–H groups in total. The van der Waals surface area contributed by atoms with Gasteiger partial charge in [-0.3, -0.25) is 4.55 Å². The number of esters is 1. The first-order chi connectivity index (χ1) is 5.23. The molecule has 0 saturated heterocycles. The topological polar surface area (TPSA) is 101 Å². The van der Waals surface area contributed by atoms with E-state index in [4.69, 9.17) is 9.66 Å². The summed E-state index contributed by atoms with van der Waals surface area (Å²) >= 11 is 0. The minimum atomic E-state index is -4.84. The minimum Gasteiger partial charge on any atom is -0.463 e. The van der Waals surface area contributed by atoms with Crippen molar-refractivity contribution in [2.45, 2.75) is 18.8 Å². The van der Waals surface area contributed by atoms with Gasteiger partial charge >= 0.3 is 16.1 Å². The van der Waals surface area contributed by atoms with Gasteiger partial charge in [0.1, 0.15) is 0 Å². The number of hydrogen-bond donors (Lipinski definition) is 2. The van der Waals surface area contributed by atoms with E-state index in [0.29, 0.717) is 6.92 Å². The first-order valence-electron chi connectivity index (χ1n) is 3.10. The summed E-state index contributed by atoms with van der Waals surface area (Å²) in [5.41, 5.74) is 0. The second kappa shape index (κ2) is 3.38. The van der Waals surface area contributed by atoms with Gasteiger partial charge in [-0.05, 0) is 13.8 Å². The molecule has 0 bridgehead atoms. The van der Waals surface area contributed by atoms with E-state index in [1.165, 1.54) is 6.92 Å². The van der Waals surface area contributed by atoms with E-state index < -0.39 is 21.0 Å². The van der Waals surface area contributed by atoms with Crippen molar-refractivity contribution in [3.63, 3.8) is 0 Å². The molecule has 7 heteroatoms. The molecule has 0 aromatic carbocycles. The molecular weight excluding hydrogens is 188 g/mol. The first kappa shape index (κ1) is 11.3. The molecule has 0 spiro atoms. The third kappa shape index (κ3) is 2.16. The normalized spacial score (nSPS) is 16.7. The lowest BCUT2D eigenvalue weighted by molar-refractivity contribution is -0.155. The number of ether oxygens (including phenoxy) is 1. The molecule has 0 aliphatic carbocycles. The summed E-state index contributed by atoms with van der Waals surface area (Å²) in [5, 5.41) is 8.94. The molecule has 0 radical (unpaired) electrons. The Hall–Kier alpha value is -0.660. The van der Waals surface area contributed by atoms with E-state index in [2.05, 4.69) is 4.74 Å². The van der Waals surface area contributed by atoms with Crippen LogP contribution in [0.15, 0.2) is 0 Å². The molecule has 0 saturated carbocycles. The van der Waals surface area contributed by atoms with Crippen LogP contribution in [0.4, 0.5) is 0 Å². The van der Waals surface area contributed by atoms with E-state index in [0.717, 1.165) is 0 Å². The highest BCUT2D eigenvalue weighted by molar-refractivity contribution is 7.87. The maximum atomic E-state index is 10.7. The lowest BCUT2D eigenvalue weighted by Crippen LogP contribution is -2.44. The molecule has 0 rings (SSSR count). The summed E-state index contributed by atoms with van der Waals surface area (Å²) in [7, 11) is -4.84. The predicted molar refractivity (Wildman–Crippen MR) is 38.8 cm³/mol. The van der Waals surface area contributed by atoms with Crippen LogP contribution < -0.4 is 0 Å². The SMILES string of the molecule is CCOC(=O)C(C)(O)S(=O)(=O)O. The molecule has 0 fully saturated rings. The Morgan fingerprint density at radius 1 is 1.58 bits per heavy atom. The van der Waals surface area contributed by atoms with Crippen LogP contribution in [0.2, 0.25) is 0 Å². The summed E-state index contributed by atoms with van der Waals surface area (Å²) in [6.07, 6.45) is 0. The van der Waals surface area contributed by atoms with Gasteiger partial charge in [-0.1, -0.05) is 0 Å². The quantitative estimate of drug-likeness (QED) is 0.452. The highest BCUT2D eigenvalue weighted by Gasteiger charge is 2.45. The zero-order chi connectivity index (χ0) is 9.99. The zero-order valence-electron chi connectivity index (χ0n) is 6.64. The Morgan fingerprint density at radius 3 is 2.25 bits per heavy atom. The maximum absolute atomic E-state index is 10.7. The third-order valence-corrected chi connectivity index (χ3v) is 2.33. The number of carbonyl (C=O) groups excluding carboxylic acids is 1. The predicted octanol–water partition coefficient (Wildman–Crippen LogP) is -0.854. The van der Waals surface area contributed by atoms with Gasteiger partial charge in [-0.25, -0.2) is 4.79 Å². The Balaban J connectivity index is 4.75. The van der Waals surface area contributed by atoms with E-state index in [1.54, 1.807) is 0 Å². The molecule has 0 aliphatic rings. The van der Waals surface area contributed by atoms with Crippen LogP contribution in [0.5, 0.6) is 0 Å². The Kier molecular flexibility index (Phi) is 3.19. The van der Waals surface area contributed by atoms with Crippen molar-refractivity contribution in [3.8, 4) is 0 Å². The summed E-state index contributed by atoms with van der Waals surface area (Å²) in [6, 6.07) is 0. The van der Waals surface area contributed by atoms with Crippen LogP contribution in [0.3, 0.4) is 0 Å². The van der Waals surface area contributed by atoms with Crippen LogP contribution in [0.25, 0.3) is 0 Å². The van der Waals surface area contributed by atoms with Gasteiger partial charge in [0, 0.05) is 0 Å². The van der Waals surface area contributed by atoms with E-state index in [9.17, 15) is 13.2 Å². The minimum absolute atomic E-state index is 0.0789. The Labute approximate surface area is 69.9 Å². The number of rotatable bonds is 3. The van der Waals surface area contributed by atoms with Crippen molar-refractivity contribution >= 4 is 16.1 Å². The van der Waals surface area contributed by atoms with Crippen LogP contribution >= 0.6 is 0 Å². The number of carbonyl (C=O) groups is 1. The standard InChI is InChI=1S/C5H10O6S/c1-3-11-4(6)5(2,7)12(8,9)10/h7H,3H2,1-2H3,(H,8,9,10). The summed E-state index contributed by atoms with van der Waals surface area (Å²) in [5.74, 6) is -1.40. The van der Waals surface area contributed by atoms with Gasteiger partial charge in [-0.2, -0.15) is 8.42 Å². The van der Waals surface area contributed by atoms with E-state index >= 15 is 0 Å². The van der Waals surface area contributed by atoms with E-state index in [1.807, 2.05) is 0 Å². The molecule has 0 amide bonds. The third-order valence-electron chi connectivity index (χ3n) is 1.16. The zero-order valence-corrected chi connectivity index (χ0v) is 7.46. The molecule has 1 unspecified atom stereocenters. The van der Waals surface area contributed by atoms with Gasteiger partial charge in [-0.15, -0.1) is 0 Å². The van der Waals surface area contributed by atoms with Crippen LogP contribution in [0, 0.1) is 0 Å². The number of aliphatic hydroxyl groups is 1. The van der Waals surface area contributed by atoms with E-state index in [-0.39, 0.29) is 6.61 Å². The van der Waals surface area contributed by atoms with Crippen molar-refractivity contribution in [1.29, 1.82) is 0 Å². The fourth-order valence-corrected chi connectivity index (χ4v) is 0.640. The fourth-order valence-electron chi connectivity index (χ4n) is 0.370. The summed E-state index contributed by atoms with van der Waals surface area (Å²) < 4.78 is 33.3. The molecule has 12 heavy (non-hydrogen) atoms. The molecule has 1 atom stereocenters. The Bertz CT molecular complexity index is 264. The monoisotopic (exact) mass is 198 g/mol. The number of hydrogen-bond acceptors (Lipinski definition) is 5. The first-order valence-corrected chi connectivity index (χ1v) is 4.54. The molecule has 0 heterocycles. The second-order valence-corrected chi connectivity index (χ2v) is 3.92. The molecular formula is C5H10O6S. The average molecular weight is 198 g/mol. The lowest BCUT2D eigenvalue weighted by atomic mass is 10.4. The maximum Gasteiger partial charge on any atom is 0.356 e. The van der Waals surface area contributed by atoms with Gasteiger partial charge in [0.15, 0.2) is 0 Å². The fraction of sp³-hybridized carbons (Fsp3) is 0.800. The van der Waals surface area contributed by atoms with Crippen molar-refractivity contribution in [2.75, 3.05) is 6.61 Å². The Morgan fingerprint density at radius 2 is 2.00 bits per heavy atom. The van der Waals surface area contributed by atoms with Crippen molar-refractivity contribution < 1.29 is 27.6 Å². The highest BCUT2D eigenvalue weighted by atomic mass is 32.2. The van der Waals surface area contributed by atoms with Crippen LogP contribution in [0.1, 0.15) is 13.8 Å². The molecule has 6 nitrogen and oxygen atoms in total. The van der Waals surface area contributed by atoms with Gasteiger partial charge in [0.2, 0.25) is 0 Å². The van der Waals surface area contributed by atoms with Gasteiger partial charge in [0.05, 0.1) is 6.61 Å². The molecule has 0 aromatic heterocycles. The van der Waals surface area contributed by atoms with Gasteiger partial charge < -0.3 is 9.84 Å². The van der Waals surface area contributed by atoms with Gasteiger partial charge in [0.25, 0.3) is 4.93 Å². The van der Waals surface area contributed by atoms with Crippen molar-refractivity contribution in [3.05, 3.63) is 0 Å². The average Bonchev–Trinajstić information content (AvgIpc) is 1.85. The molecule has 72 valence electrons. The largest absolute Gasteiger partial charge is 0.463 e. The van der Waals surface area contributed by atoms with Crippen LogP contribution in [-0.4, -0.2) is 35.6 Å². The van der Waals surface area contributed by atoms with Crippen LogP contribution in [-0.2, 0) is 19.6 Å².